The number of likely N-dealkylation sites (tertiary alicyclic amines) is 1. The smallest absolute Gasteiger partial charge is 0.309 e. The van der Waals surface area contributed by atoms with Gasteiger partial charge in [-0.05, 0) is 52.2 Å². The Morgan fingerprint density at radius 3 is 2.35 bits per heavy atom. The lowest BCUT2D eigenvalue weighted by Gasteiger charge is -2.31. The van der Waals surface area contributed by atoms with E-state index >= 15 is 0 Å². The van der Waals surface area contributed by atoms with Gasteiger partial charge in [0.1, 0.15) is 0 Å². The zero-order chi connectivity index (χ0) is 19.3. The lowest BCUT2D eigenvalue weighted by molar-refractivity contribution is -0.154. The maximum absolute atomic E-state index is 12.6. The fraction of sp³-hybridized carbons (Fsp3) is 0.550. The van der Waals surface area contributed by atoms with E-state index in [9.17, 15) is 14.4 Å². The highest BCUT2D eigenvalue weighted by Crippen LogP contribution is 2.21. The average Bonchev–Trinajstić information content (AvgIpc) is 2.58. The Morgan fingerprint density at radius 1 is 1.15 bits per heavy atom. The fourth-order valence-electron chi connectivity index (χ4n) is 3.01. The lowest BCUT2D eigenvalue weighted by atomic mass is 9.96. The lowest BCUT2D eigenvalue weighted by Crippen LogP contribution is -2.44. The molecule has 1 saturated heterocycles. The molecule has 0 atom stereocenters. The Balaban J connectivity index is 1.81. The molecule has 6 heteroatoms. The van der Waals surface area contributed by atoms with Crippen LogP contribution in [0.1, 0.15) is 49.5 Å². The third kappa shape index (κ3) is 5.58. The summed E-state index contributed by atoms with van der Waals surface area (Å²) in [6.45, 7) is 8.29. The minimum absolute atomic E-state index is 0.000489. The van der Waals surface area contributed by atoms with Crippen LogP contribution in [0.5, 0.6) is 0 Å². The van der Waals surface area contributed by atoms with Gasteiger partial charge in [-0.3, -0.25) is 14.4 Å². The van der Waals surface area contributed by atoms with Crippen molar-refractivity contribution in [2.75, 3.05) is 19.7 Å². The molecule has 2 amide bonds. The molecule has 26 heavy (non-hydrogen) atoms. The van der Waals surface area contributed by atoms with Crippen molar-refractivity contribution < 1.29 is 19.1 Å². The maximum Gasteiger partial charge on any atom is 0.309 e. The van der Waals surface area contributed by atoms with Crippen molar-refractivity contribution in [3.05, 3.63) is 35.4 Å². The van der Waals surface area contributed by atoms with Gasteiger partial charge in [0.05, 0.1) is 5.92 Å². The van der Waals surface area contributed by atoms with E-state index in [1.54, 1.807) is 4.90 Å². The summed E-state index contributed by atoms with van der Waals surface area (Å²) in [5.41, 5.74) is 1.29. The molecule has 0 aromatic heterocycles. The SMILES string of the molecule is Cc1ccccc1C(=O)N1CCC(C(=O)OCC(=O)NC(C)(C)C)CC1. The molecule has 1 aromatic rings. The summed E-state index contributed by atoms with van der Waals surface area (Å²) in [5, 5.41) is 2.75. The number of rotatable bonds is 4. The molecule has 0 aliphatic carbocycles. The molecule has 0 bridgehead atoms. The monoisotopic (exact) mass is 360 g/mol. The molecule has 1 aliphatic rings. The van der Waals surface area contributed by atoms with Crippen LogP contribution in [0.4, 0.5) is 0 Å². The predicted octanol–water partition coefficient (Wildman–Crippen LogP) is 2.31. The first-order valence-corrected chi connectivity index (χ1v) is 9.00. The first kappa shape index (κ1) is 19.9. The Morgan fingerprint density at radius 2 is 1.77 bits per heavy atom. The van der Waals surface area contributed by atoms with E-state index in [4.69, 9.17) is 4.74 Å². The Kier molecular flexibility index (Phi) is 6.40. The van der Waals surface area contributed by atoms with E-state index in [0.717, 1.165) is 5.56 Å². The highest BCUT2D eigenvalue weighted by atomic mass is 16.5. The Bertz CT molecular complexity index is 671. The van der Waals surface area contributed by atoms with Gasteiger partial charge >= 0.3 is 5.97 Å². The van der Waals surface area contributed by atoms with Gasteiger partial charge in [0.15, 0.2) is 6.61 Å². The van der Waals surface area contributed by atoms with E-state index < -0.39 is 0 Å². The van der Waals surface area contributed by atoms with Crippen molar-refractivity contribution in [1.29, 1.82) is 0 Å². The summed E-state index contributed by atoms with van der Waals surface area (Å²) in [5.74, 6) is -0.937. The molecule has 0 spiro atoms. The van der Waals surface area contributed by atoms with E-state index in [-0.39, 0.29) is 35.8 Å². The molecule has 0 radical (unpaired) electrons. The summed E-state index contributed by atoms with van der Waals surface area (Å²) in [7, 11) is 0. The normalized spacial score (nSPS) is 15.5. The van der Waals surface area contributed by atoms with Crippen molar-refractivity contribution in [1.82, 2.24) is 10.2 Å². The largest absolute Gasteiger partial charge is 0.455 e. The van der Waals surface area contributed by atoms with Crippen LogP contribution >= 0.6 is 0 Å². The van der Waals surface area contributed by atoms with Gasteiger partial charge in [0.25, 0.3) is 11.8 Å². The van der Waals surface area contributed by atoms with Crippen LogP contribution in [0, 0.1) is 12.8 Å². The number of esters is 1. The van der Waals surface area contributed by atoms with E-state index in [1.165, 1.54) is 0 Å². The van der Waals surface area contributed by atoms with Crippen LogP contribution < -0.4 is 5.32 Å². The number of carbonyl (C=O) groups excluding carboxylic acids is 3. The van der Waals surface area contributed by atoms with Crippen molar-refractivity contribution in [3.8, 4) is 0 Å². The number of nitrogens with one attached hydrogen (secondary N) is 1. The zero-order valence-electron chi connectivity index (χ0n) is 16.0. The number of piperidine rings is 1. The number of amides is 2. The van der Waals surface area contributed by atoms with Gasteiger partial charge < -0.3 is 15.0 Å². The van der Waals surface area contributed by atoms with Crippen LogP contribution in [-0.4, -0.2) is 47.9 Å². The van der Waals surface area contributed by atoms with Gasteiger partial charge in [-0.2, -0.15) is 0 Å². The average molecular weight is 360 g/mol. The molecule has 1 fully saturated rings. The minimum atomic E-state index is -0.364. The zero-order valence-corrected chi connectivity index (χ0v) is 16.0. The van der Waals surface area contributed by atoms with Gasteiger partial charge in [-0.1, -0.05) is 18.2 Å². The number of hydrogen-bond acceptors (Lipinski definition) is 4. The summed E-state index contributed by atoms with van der Waals surface area (Å²) >= 11 is 0. The van der Waals surface area contributed by atoms with Crippen molar-refractivity contribution in [2.45, 2.75) is 46.1 Å². The third-order valence-corrected chi connectivity index (χ3v) is 4.35. The molecule has 1 heterocycles. The molecule has 0 saturated carbocycles. The molecule has 142 valence electrons. The maximum atomic E-state index is 12.6. The molecular weight excluding hydrogens is 332 g/mol. The van der Waals surface area contributed by atoms with Crippen LogP contribution in [0.25, 0.3) is 0 Å². The second kappa shape index (κ2) is 8.34. The first-order valence-electron chi connectivity index (χ1n) is 9.00. The van der Waals surface area contributed by atoms with Crippen LogP contribution in [-0.2, 0) is 14.3 Å². The molecule has 1 aliphatic heterocycles. The van der Waals surface area contributed by atoms with E-state index in [0.29, 0.717) is 31.5 Å². The van der Waals surface area contributed by atoms with Gasteiger partial charge in [0.2, 0.25) is 0 Å². The van der Waals surface area contributed by atoms with Crippen LogP contribution in [0.2, 0.25) is 0 Å². The number of ether oxygens (including phenoxy) is 1. The van der Waals surface area contributed by atoms with Crippen molar-refractivity contribution in [2.24, 2.45) is 5.92 Å². The number of hydrogen-bond donors (Lipinski definition) is 1. The number of aryl methyl sites for hydroxylation is 1. The van der Waals surface area contributed by atoms with Crippen molar-refractivity contribution >= 4 is 17.8 Å². The molecule has 0 unspecified atom stereocenters. The topological polar surface area (TPSA) is 75.7 Å². The molecule has 1 N–H and O–H groups in total. The minimum Gasteiger partial charge on any atom is -0.455 e. The predicted molar refractivity (Wildman–Crippen MR) is 98.7 cm³/mol. The summed E-state index contributed by atoms with van der Waals surface area (Å²) in [6.07, 6.45) is 1.11. The quantitative estimate of drug-likeness (QED) is 0.836. The molecule has 2 rings (SSSR count). The standard InChI is InChI=1S/C20H28N2O4/c1-14-7-5-6-8-16(14)18(24)22-11-9-15(10-12-22)19(25)26-13-17(23)21-20(2,3)4/h5-8,15H,9-13H2,1-4H3,(H,21,23). The number of carbonyl (C=O) groups is 3. The molecule has 6 nitrogen and oxygen atoms in total. The summed E-state index contributed by atoms with van der Waals surface area (Å²) < 4.78 is 5.13. The first-order chi connectivity index (χ1) is 12.2. The summed E-state index contributed by atoms with van der Waals surface area (Å²) in [4.78, 5) is 38.3. The Labute approximate surface area is 154 Å². The van der Waals surface area contributed by atoms with Gasteiger partial charge in [-0.15, -0.1) is 0 Å². The van der Waals surface area contributed by atoms with E-state index in [1.807, 2.05) is 52.0 Å². The number of nitrogens with zero attached hydrogens (tertiary/aromatic N) is 1. The summed E-state index contributed by atoms with van der Waals surface area (Å²) in [6, 6.07) is 7.50. The van der Waals surface area contributed by atoms with Crippen molar-refractivity contribution in [3.63, 3.8) is 0 Å². The van der Waals surface area contributed by atoms with Gasteiger partial charge in [0, 0.05) is 24.2 Å². The second-order valence-corrected chi connectivity index (χ2v) is 7.79. The van der Waals surface area contributed by atoms with Gasteiger partial charge in [-0.25, -0.2) is 0 Å². The highest BCUT2D eigenvalue weighted by molar-refractivity contribution is 5.95. The highest BCUT2D eigenvalue weighted by Gasteiger charge is 2.29. The molecular formula is C20H28N2O4. The Hall–Kier alpha value is -2.37. The fourth-order valence-corrected chi connectivity index (χ4v) is 3.01. The second-order valence-electron chi connectivity index (χ2n) is 7.79. The molecule has 1 aromatic carbocycles. The number of benzene rings is 1. The van der Waals surface area contributed by atoms with Crippen LogP contribution in [0.3, 0.4) is 0 Å². The van der Waals surface area contributed by atoms with Crippen LogP contribution in [0.15, 0.2) is 24.3 Å². The third-order valence-electron chi connectivity index (χ3n) is 4.35. The van der Waals surface area contributed by atoms with E-state index in [2.05, 4.69) is 5.32 Å².